The normalized spacial score (nSPS) is 22.4. The molecule has 1 aromatic heterocycles. The number of aliphatic hydroxyl groups is 1. The number of morpholine rings is 1. The van der Waals surface area contributed by atoms with Crippen LogP contribution in [0.3, 0.4) is 0 Å². The molecular formula is C25H35NO5S. The van der Waals surface area contributed by atoms with E-state index in [1.54, 1.807) is 4.90 Å². The smallest absolute Gasteiger partial charge is 0.350 e. The number of nitrogens with zero attached hydrogens (tertiary/aromatic N) is 1. The van der Waals surface area contributed by atoms with E-state index in [9.17, 15) is 14.7 Å². The first-order chi connectivity index (χ1) is 15.2. The molecular weight excluding hydrogens is 426 g/mol. The summed E-state index contributed by atoms with van der Waals surface area (Å²) in [6.07, 6.45) is 5.94. The zero-order valence-corrected chi connectivity index (χ0v) is 20.4. The van der Waals surface area contributed by atoms with Crippen molar-refractivity contribution >= 4 is 28.9 Å². The van der Waals surface area contributed by atoms with Gasteiger partial charge in [-0.05, 0) is 58.4 Å². The molecule has 1 amide bonds. The summed E-state index contributed by atoms with van der Waals surface area (Å²) in [5, 5.41) is 9.24. The second-order valence-corrected chi connectivity index (χ2v) is 10.7. The van der Waals surface area contributed by atoms with Gasteiger partial charge in [-0.2, -0.15) is 0 Å². The van der Waals surface area contributed by atoms with Crippen LogP contribution < -0.4 is 4.90 Å². The van der Waals surface area contributed by atoms with Gasteiger partial charge in [0.05, 0.1) is 30.3 Å². The topological polar surface area (TPSA) is 76.1 Å². The fraction of sp³-hybridized carbons (Fsp3) is 0.680. The third kappa shape index (κ3) is 5.92. The molecule has 1 aliphatic carbocycles. The number of amides is 1. The number of ether oxygens (including phenoxy) is 2. The van der Waals surface area contributed by atoms with Crippen LogP contribution in [0.1, 0.15) is 80.3 Å². The molecule has 1 aromatic rings. The van der Waals surface area contributed by atoms with E-state index in [0.717, 1.165) is 30.6 Å². The highest BCUT2D eigenvalue weighted by atomic mass is 32.1. The Hall–Kier alpha value is -1.88. The molecule has 0 aromatic carbocycles. The Morgan fingerprint density at radius 3 is 2.66 bits per heavy atom. The molecule has 0 bridgehead atoms. The Kier molecular flexibility index (Phi) is 8.37. The van der Waals surface area contributed by atoms with Crippen molar-refractivity contribution in [2.75, 3.05) is 25.2 Å². The van der Waals surface area contributed by atoms with E-state index >= 15 is 0 Å². The van der Waals surface area contributed by atoms with E-state index < -0.39 is 12.1 Å². The summed E-state index contributed by atoms with van der Waals surface area (Å²) in [7, 11) is 1.36. The van der Waals surface area contributed by atoms with Gasteiger partial charge >= 0.3 is 5.97 Å². The molecule has 1 saturated heterocycles. The molecule has 1 unspecified atom stereocenters. The molecule has 1 saturated carbocycles. The van der Waals surface area contributed by atoms with E-state index in [0.29, 0.717) is 35.9 Å². The summed E-state index contributed by atoms with van der Waals surface area (Å²) in [6.45, 7) is 6.55. The number of aliphatic hydroxyl groups excluding tert-OH is 1. The highest BCUT2D eigenvalue weighted by Crippen LogP contribution is 2.39. The minimum atomic E-state index is -0.614. The third-order valence-electron chi connectivity index (χ3n) is 6.03. The number of hydrogen-bond donors (Lipinski definition) is 1. The van der Waals surface area contributed by atoms with Crippen molar-refractivity contribution < 1.29 is 24.2 Å². The molecule has 1 aliphatic heterocycles. The maximum absolute atomic E-state index is 13.6. The number of rotatable bonds is 6. The van der Waals surface area contributed by atoms with Crippen LogP contribution in [0.5, 0.6) is 0 Å². The summed E-state index contributed by atoms with van der Waals surface area (Å²) in [5.74, 6) is 6.13. The molecule has 0 spiro atoms. The van der Waals surface area contributed by atoms with E-state index in [1.807, 2.05) is 26.8 Å². The molecule has 2 fully saturated rings. The van der Waals surface area contributed by atoms with Crippen LogP contribution >= 0.6 is 11.3 Å². The van der Waals surface area contributed by atoms with Crippen molar-refractivity contribution in [1.29, 1.82) is 0 Å². The van der Waals surface area contributed by atoms with E-state index in [4.69, 9.17) is 9.47 Å². The quantitative estimate of drug-likeness (QED) is 0.502. The highest BCUT2D eigenvalue weighted by molar-refractivity contribution is 7.15. The Balaban J connectivity index is 2.04. The van der Waals surface area contributed by atoms with Gasteiger partial charge in [-0.1, -0.05) is 31.1 Å². The molecule has 2 aliphatic rings. The molecule has 1 N–H and O–H groups in total. The van der Waals surface area contributed by atoms with Crippen molar-refractivity contribution in [3.05, 3.63) is 15.8 Å². The van der Waals surface area contributed by atoms with Crippen molar-refractivity contribution in [3.8, 4) is 11.8 Å². The average Bonchev–Trinajstić information content (AvgIpc) is 3.20. The SMILES string of the molecule is COC(=O)c1sc(C#CC(C)(C)C)cc1N1C(=O)C(CCCO)OC[C@H]1C1CCCCC1. The number of thiophene rings is 1. The first kappa shape index (κ1) is 24.8. The van der Waals surface area contributed by atoms with E-state index in [-0.39, 0.29) is 24.0 Å². The molecule has 2 heterocycles. The van der Waals surface area contributed by atoms with E-state index in [2.05, 4.69) is 11.8 Å². The Labute approximate surface area is 195 Å². The lowest BCUT2D eigenvalue weighted by atomic mass is 9.82. The monoisotopic (exact) mass is 461 g/mol. The van der Waals surface area contributed by atoms with Gasteiger partial charge in [0.2, 0.25) is 0 Å². The second-order valence-electron chi connectivity index (χ2n) is 9.68. The predicted molar refractivity (Wildman–Crippen MR) is 126 cm³/mol. The van der Waals surface area contributed by atoms with Crippen LogP contribution in [0.2, 0.25) is 0 Å². The second kappa shape index (κ2) is 10.8. The van der Waals surface area contributed by atoms with Gasteiger partial charge in [-0.25, -0.2) is 4.79 Å². The Morgan fingerprint density at radius 1 is 1.31 bits per heavy atom. The van der Waals surface area contributed by atoms with Gasteiger partial charge in [-0.15, -0.1) is 11.3 Å². The maximum Gasteiger partial charge on any atom is 0.350 e. The van der Waals surface area contributed by atoms with Crippen molar-refractivity contribution in [2.24, 2.45) is 11.3 Å². The molecule has 32 heavy (non-hydrogen) atoms. The molecule has 2 atom stereocenters. The number of hydrogen-bond acceptors (Lipinski definition) is 6. The lowest BCUT2D eigenvalue weighted by Gasteiger charge is -2.44. The predicted octanol–water partition coefficient (Wildman–Crippen LogP) is 4.39. The van der Waals surface area contributed by atoms with Crippen molar-refractivity contribution in [1.82, 2.24) is 0 Å². The number of carbonyl (C=O) groups is 2. The van der Waals surface area contributed by atoms with Gasteiger partial charge in [0.1, 0.15) is 11.0 Å². The summed E-state index contributed by atoms with van der Waals surface area (Å²) >= 11 is 1.27. The van der Waals surface area contributed by atoms with Crippen LogP contribution in [-0.4, -0.2) is 49.5 Å². The number of anilines is 1. The molecule has 6 nitrogen and oxygen atoms in total. The third-order valence-corrected chi connectivity index (χ3v) is 7.05. The van der Waals surface area contributed by atoms with Crippen LogP contribution in [0.15, 0.2) is 6.07 Å². The number of esters is 1. The molecule has 3 rings (SSSR count). The zero-order valence-electron chi connectivity index (χ0n) is 19.6. The molecule has 0 radical (unpaired) electrons. The van der Waals surface area contributed by atoms with Gasteiger partial charge in [-0.3, -0.25) is 4.79 Å². The fourth-order valence-corrected chi connectivity index (χ4v) is 5.36. The molecule has 176 valence electrons. The summed E-state index contributed by atoms with van der Waals surface area (Å²) in [4.78, 5) is 29.2. The summed E-state index contributed by atoms with van der Waals surface area (Å²) in [6, 6.07) is 1.74. The van der Waals surface area contributed by atoms with Crippen molar-refractivity contribution in [3.63, 3.8) is 0 Å². The Morgan fingerprint density at radius 2 is 2.03 bits per heavy atom. The summed E-state index contributed by atoms with van der Waals surface area (Å²) in [5.41, 5.74) is 0.405. The first-order valence-electron chi connectivity index (χ1n) is 11.6. The fourth-order valence-electron chi connectivity index (χ4n) is 4.44. The van der Waals surface area contributed by atoms with Crippen molar-refractivity contribution in [2.45, 2.75) is 77.9 Å². The van der Waals surface area contributed by atoms with Gasteiger partial charge in [0.15, 0.2) is 0 Å². The molecule has 7 heteroatoms. The maximum atomic E-state index is 13.6. The first-order valence-corrected chi connectivity index (χ1v) is 12.4. The van der Waals surface area contributed by atoms with Crippen LogP contribution in [0, 0.1) is 23.2 Å². The standard InChI is InChI=1S/C25H35NO5S/c1-25(2,3)13-12-18-15-19(22(32-18)24(29)30-4)26-20(17-9-6-5-7-10-17)16-31-21(23(26)28)11-8-14-27/h15,17,20-21,27H,5-11,14,16H2,1-4H3/t20-,21?/m0/s1. The van der Waals surface area contributed by atoms with Crippen LogP contribution in [0.25, 0.3) is 0 Å². The lowest BCUT2D eigenvalue weighted by molar-refractivity contribution is -0.138. The van der Waals surface area contributed by atoms with Crippen LogP contribution in [-0.2, 0) is 14.3 Å². The zero-order chi connectivity index (χ0) is 23.3. The Bertz CT molecular complexity index is 869. The highest BCUT2D eigenvalue weighted by Gasteiger charge is 2.42. The van der Waals surface area contributed by atoms with Gasteiger partial charge in [0, 0.05) is 12.0 Å². The van der Waals surface area contributed by atoms with E-state index in [1.165, 1.54) is 24.9 Å². The van der Waals surface area contributed by atoms with Gasteiger partial charge < -0.3 is 19.5 Å². The minimum Gasteiger partial charge on any atom is -0.465 e. The van der Waals surface area contributed by atoms with Crippen LogP contribution in [0.4, 0.5) is 5.69 Å². The summed E-state index contributed by atoms with van der Waals surface area (Å²) < 4.78 is 11.0. The largest absolute Gasteiger partial charge is 0.465 e. The minimum absolute atomic E-state index is 0.0115. The number of methoxy groups -OCH3 is 1. The average molecular weight is 462 g/mol. The van der Waals surface area contributed by atoms with Gasteiger partial charge in [0.25, 0.3) is 5.91 Å². The lowest BCUT2D eigenvalue weighted by Crippen LogP contribution is -2.57. The number of carbonyl (C=O) groups excluding carboxylic acids is 2.